The summed E-state index contributed by atoms with van der Waals surface area (Å²) >= 11 is 0. The van der Waals surface area contributed by atoms with Crippen LogP contribution in [-0.2, 0) is 9.47 Å². The molecule has 1 aliphatic heterocycles. The number of nitrogen functional groups attached to an aromatic ring is 2. The van der Waals surface area contributed by atoms with E-state index in [0.29, 0.717) is 36.1 Å². The molecular weight excluding hydrogens is 220 g/mol. The Labute approximate surface area is 99.7 Å². The average Bonchev–Trinajstić information content (AvgIpc) is 2.77. The van der Waals surface area contributed by atoms with E-state index in [4.69, 9.17) is 20.9 Å². The summed E-state index contributed by atoms with van der Waals surface area (Å²) in [6, 6.07) is 4.72. The van der Waals surface area contributed by atoms with Crippen LogP contribution in [0.15, 0.2) is 18.2 Å². The molecule has 1 unspecified atom stereocenters. The van der Waals surface area contributed by atoms with Gasteiger partial charge in [-0.1, -0.05) is 0 Å². The van der Waals surface area contributed by atoms with E-state index >= 15 is 0 Å². The van der Waals surface area contributed by atoms with Crippen molar-refractivity contribution in [1.82, 2.24) is 0 Å². The van der Waals surface area contributed by atoms with Crippen LogP contribution < -0.4 is 11.5 Å². The molecule has 1 aromatic rings. The molecule has 1 saturated heterocycles. The molecule has 5 nitrogen and oxygen atoms in total. The average molecular weight is 236 g/mol. The monoisotopic (exact) mass is 236 g/mol. The number of carbonyl (C=O) groups excluding carboxylic acids is 1. The van der Waals surface area contributed by atoms with Crippen LogP contribution in [0.2, 0.25) is 0 Å². The number of benzene rings is 1. The van der Waals surface area contributed by atoms with Gasteiger partial charge in [-0.05, 0) is 24.6 Å². The lowest BCUT2D eigenvalue weighted by atomic mass is 10.1. The second-order valence-electron chi connectivity index (χ2n) is 4.22. The fraction of sp³-hybridized carbons (Fsp3) is 0.417. The van der Waals surface area contributed by atoms with Gasteiger partial charge in [-0.25, -0.2) is 4.79 Å². The van der Waals surface area contributed by atoms with Crippen LogP contribution in [0, 0.1) is 5.92 Å². The smallest absolute Gasteiger partial charge is 0.338 e. The van der Waals surface area contributed by atoms with Crippen LogP contribution in [0.5, 0.6) is 0 Å². The van der Waals surface area contributed by atoms with E-state index in [9.17, 15) is 4.79 Å². The lowest BCUT2D eigenvalue weighted by Crippen LogP contribution is -2.14. The number of esters is 1. The summed E-state index contributed by atoms with van der Waals surface area (Å²) in [4.78, 5) is 11.7. The molecule has 4 N–H and O–H groups in total. The molecule has 1 aromatic carbocycles. The van der Waals surface area contributed by atoms with Crippen molar-refractivity contribution < 1.29 is 14.3 Å². The van der Waals surface area contributed by atoms with Gasteiger partial charge in [-0.15, -0.1) is 0 Å². The number of rotatable bonds is 3. The van der Waals surface area contributed by atoms with Crippen molar-refractivity contribution in [2.45, 2.75) is 6.42 Å². The van der Waals surface area contributed by atoms with Crippen molar-refractivity contribution in [3.05, 3.63) is 23.8 Å². The quantitative estimate of drug-likeness (QED) is 0.605. The molecule has 0 radical (unpaired) electrons. The Morgan fingerprint density at radius 3 is 2.65 bits per heavy atom. The second kappa shape index (κ2) is 5.05. The third kappa shape index (κ3) is 3.10. The van der Waals surface area contributed by atoms with Crippen molar-refractivity contribution in [1.29, 1.82) is 0 Å². The predicted octanol–water partition coefficient (Wildman–Crippen LogP) is 1.04. The molecule has 1 atom stereocenters. The zero-order valence-electron chi connectivity index (χ0n) is 9.52. The molecule has 92 valence electrons. The summed E-state index contributed by atoms with van der Waals surface area (Å²) in [7, 11) is 0. The number of carbonyl (C=O) groups is 1. The summed E-state index contributed by atoms with van der Waals surface area (Å²) < 4.78 is 10.4. The summed E-state index contributed by atoms with van der Waals surface area (Å²) in [5.74, 6) is -0.0896. The lowest BCUT2D eigenvalue weighted by Gasteiger charge is -2.09. The van der Waals surface area contributed by atoms with Crippen LogP contribution in [-0.4, -0.2) is 25.8 Å². The minimum absolute atomic E-state index is 0.303. The summed E-state index contributed by atoms with van der Waals surface area (Å²) in [5, 5.41) is 0. The van der Waals surface area contributed by atoms with E-state index in [1.807, 2.05) is 0 Å². The Hall–Kier alpha value is -1.75. The number of anilines is 2. The maximum Gasteiger partial charge on any atom is 0.338 e. The van der Waals surface area contributed by atoms with E-state index in [-0.39, 0.29) is 0 Å². The number of nitrogens with two attached hydrogens (primary N) is 2. The van der Waals surface area contributed by atoms with Gasteiger partial charge in [0.1, 0.15) is 0 Å². The van der Waals surface area contributed by atoms with Gasteiger partial charge in [0.15, 0.2) is 0 Å². The highest BCUT2D eigenvalue weighted by atomic mass is 16.5. The molecule has 5 heteroatoms. The van der Waals surface area contributed by atoms with Crippen molar-refractivity contribution >= 4 is 17.3 Å². The van der Waals surface area contributed by atoms with Crippen molar-refractivity contribution in [2.24, 2.45) is 5.92 Å². The normalized spacial score (nSPS) is 19.2. The summed E-state index contributed by atoms with van der Waals surface area (Å²) in [6.07, 6.45) is 0.937. The van der Waals surface area contributed by atoms with Gasteiger partial charge in [-0.2, -0.15) is 0 Å². The van der Waals surface area contributed by atoms with Crippen LogP contribution in [0.25, 0.3) is 0 Å². The molecule has 0 spiro atoms. The zero-order valence-corrected chi connectivity index (χ0v) is 9.52. The van der Waals surface area contributed by atoms with Crippen LogP contribution in [0.3, 0.4) is 0 Å². The fourth-order valence-electron chi connectivity index (χ4n) is 1.79. The van der Waals surface area contributed by atoms with Crippen molar-refractivity contribution in [2.75, 3.05) is 31.3 Å². The number of hydrogen-bond acceptors (Lipinski definition) is 5. The molecular formula is C12H16N2O3. The Kier molecular flexibility index (Phi) is 3.49. The molecule has 0 saturated carbocycles. The first-order valence-corrected chi connectivity index (χ1v) is 5.56. The van der Waals surface area contributed by atoms with Crippen molar-refractivity contribution in [3.63, 3.8) is 0 Å². The highest BCUT2D eigenvalue weighted by Gasteiger charge is 2.18. The van der Waals surface area contributed by atoms with Gasteiger partial charge in [0.2, 0.25) is 0 Å². The fourth-order valence-corrected chi connectivity index (χ4v) is 1.79. The highest BCUT2D eigenvalue weighted by molar-refractivity contribution is 5.91. The Morgan fingerprint density at radius 1 is 1.35 bits per heavy atom. The molecule has 1 aliphatic rings. The maximum absolute atomic E-state index is 11.7. The van der Waals surface area contributed by atoms with E-state index in [1.54, 1.807) is 18.2 Å². The molecule has 0 aliphatic carbocycles. The standard InChI is InChI=1S/C12H16N2O3/c13-10-3-9(4-11(14)5-10)12(15)17-7-8-1-2-16-6-8/h3-5,8H,1-2,6-7,13-14H2. The third-order valence-electron chi connectivity index (χ3n) is 2.69. The lowest BCUT2D eigenvalue weighted by molar-refractivity contribution is 0.0428. The van der Waals surface area contributed by atoms with Crippen LogP contribution in [0.4, 0.5) is 11.4 Å². The summed E-state index contributed by atoms with van der Waals surface area (Å²) in [6.45, 7) is 1.79. The molecule has 17 heavy (non-hydrogen) atoms. The molecule has 0 aromatic heterocycles. The minimum atomic E-state index is -0.393. The van der Waals surface area contributed by atoms with Gasteiger partial charge in [0.25, 0.3) is 0 Å². The predicted molar refractivity (Wildman–Crippen MR) is 64.5 cm³/mol. The van der Waals surface area contributed by atoms with Gasteiger partial charge >= 0.3 is 5.97 Å². The Balaban J connectivity index is 1.94. The molecule has 2 rings (SSSR count). The van der Waals surface area contributed by atoms with Crippen molar-refractivity contribution in [3.8, 4) is 0 Å². The topological polar surface area (TPSA) is 87.6 Å². The first-order valence-electron chi connectivity index (χ1n) is 5.56. The largest absolute Gasteiger partial charge is 0.462 e. The molecule has 0 amide bonds. The first-order chi connectivity index (χ1) is 8.15. The summed E-state index contributed by atoms with van der Waals surface area (Å²) in [5.41, 5.74) is 12.5. The highest BCUT2D eigenvalue weighted by Crippen LogP contribution is 2.16. The Morgan fingerprint density at radius 2 is 2.06 bits per heavy atom. The van der Waals surface area contributed by atoms with Gasteiger partial charge < -0.3 is 20.9 Å². The zero-order chi connectivity index (χ0) is 12.3. The maximum atomic E-state index is 11.7. The van der Waals surface area contributed by atoms with E-state index in [0.717, 1.165) is 13.0 Å². The molecule has 1 heterocycles. The second-order valence-corrected chi connectivity index (χ2v) is 4.22. The van der Waals surface area contributed by atoms with Gasteiger partial charge in [0.05, 0.1) is 18.8 Å². The minimum Gasteiger partial charge on any atom is -0.462 e. The molecule has 0 bridgehead atoms. The van der Waals surface area contributed by atoms with Gasteiger partial charge in [0, 0.05) is 23.9 Å². The van der Waals surface area contributed by atoms with E-state index in [1.165, 1.54) is 0 Å². The number of hydrogen-bond donors (Lipinski definition) is 2. The SMILES string of the molecule is Nc1cc(N)cc(C(=O)OCC2CCOC2)c1. The van der Waals surface area contributed by atoms with E-state index in [2.05, 4.69) is 0 Å². The van der Waals surface area contributed by atoms with Gasteiger partial charge in [-0.3, -0.25) is 0 Å². The number of ether oxygens (including phenoxy) is 2. The van der Waals surface area contributed by atoms with Crippen LogP contribution >= 0.6 is 0 Å². The molecule has 1 fully saturated rings. The first kappa shape index (κ1) is 11.7. The van der Waals surface area contributed by atoms with E-state index < -0.39 is 5.97 Å². The van der Waals surface area contributed by atoms with Crippen LogP contribution in [0.1, 0.15) is 16.8 Å². The third-order valence-corrected chi connectivity index (χ3v) is 2.69. The Bertz CT molecular complexity index is 394.